The standard InChI is InChI=1S/C14H20N2O2S/c1-16-9-10(8-15)6-13(16)12-3-2-11-4-5-19(17,18)14(11)7-12/h2-3,7,10,13H,4-6,8-9,15H2,1H3. The highest BCUT2D eigenvalue weighted by Crippen LogP contribution is 2.36. The Kier molecular flexibility index (Phi) is 3.15. The molecule has 2 aliphatic rings. The van der Waals surface area contributed by atoms with Gasteiger partial charge in [-0.2, -0.15) is 0 Å². The number of rotatable bonds is 2. The highest BCUT2D eigenvalue weighted by Gasteiger charge is 2.32. The first-order valence-corrected chi connectivity index (χ1v) is 8.42. The van der Waals surface area contributed by atoms with E-state index in [2.05, 4.69) is 18.0 Å². The number of sulfone groups is 1. The summed E-state index contributed by atoms with van der Waals surface area (Å²) in [6, 6.07) is 6.26. The van der Waals surface area contributed by atoms with E-state index in [-0.39, 0.29) is 5.75 Å². The van der Waals surface area contributed by atoms with Gasteiger partial charge in [0.1, 0.15) is 0 Å². The Morgan fingerprint density at radius 3 is 2.89 bits per heavy atom. The Balaban J connectivity index is 1.96. The zero-order valence-corrected chi connectivity index (χ0v) is 12.0. The summed E-state index contributed by atoms with van der Waals surface area (Å²) in [5, 5.41) is 0. The van der Waals surface area contributed by atoms with Crippen LogP contribution in [0.3, 0.4) is 0 Å². The van der Waals surface area contributed by atoms with Crippen molar-refractivity contribution in [3.05, 3.63) is 29.3 Å². The van der Waals surface area contributed by atoms with Crippen molar-refractivity contribution in [3.8, 4) is 0 Å². The van der Waals surface area contributed by atoms with Crippen LogP contribution in [0.25, 0.3) is 0 Å². The van der Waals surface area contributed by atoms with Gasteiger partial charge in [0.05, 0.1) is 10.6 Å². The van der Waals surface area contributed by atoms with Crippen LogP contribution in [0.2, 0.25) is 0 Å². The normalized spacial score (nSPS) is 29.6. The summed E-state index contributed by atoms with van der Waals surface area (Å²) in [5.74, 6) is 0.775. The largest absolute Gasteiger partial charge is 0.330 e. The molecule has 0 bridgehead atoms. The molecular weight excluding hydrogens is 260 g/mol. The molecule has 0 aromatic heterocycles. The second-order valence-corrected chi connectivity index (χ2v) is 7.81. The van der Waals surface area contributed by atoms with Gasteiger partial charge in [0.2, 0.25) is 0 Å². The molecule has 4 nitrogen and oxygen atoms in total. The van der Waals surface area contributed by atoms with Crippen molar-refractivity contribution in [2.45, 2.75) is 23.8 Å². The zero-order valence-electron chi connectivity index (χ0n) is 11.2. The van der Waals surface area contributed by atoms with Crippen LogP contribution < -0.4 is 5.73 Å². The van der Waals surface area contributed by atoms with Crippen molar-refractivity contribution in [1.29, 1.82) is 0 Å². The molecule has 5 heteroatoms. The molecular formula is C14H20N2O2S. The molecule has 2 atom stereocenters. The molecule has 0 amide bonds. The molecule has 0 spiro atoms. The van der Waals surface area contributed by atoms with Crippen LogP contribution in [0.4, 0.5) is 0 Å². The predicted octanol–water partition coefficient (Wildman–Crippen LogP) is 0.968. The molecule has 1 saturated heterocycles. The fourth-order valence-corrected chi connectivity index (χ4v) is 4.89. The van der Waals surface area contributed by atoms with Crippen molar-refractivity contribution in [2.24, 2.45) is 11.7 Å². The van der Waals surface area contributed by atoms with E-state index in [4.69, 9.17) is 5.73 Å². The summed E-state index contributed by atoms with van der Waals surface area (Å²) in [7, 11) is -0.952. The number of aryl methyl sites for hydroxylation is 1. The Morgan fingerprint density at radius 1 is 1.42 bits per heavy atom. The van der Waals surface area contributed by atoms with Crippen LogP contribution in [0, 0.1) is 5.92 Å². The summed E-state index contributed by atoms with van der Waals surface area (Å²) in [6.45, 7) is 1.69. The van der Waals surface area contributed by atoms with Gasteiger partial charge in [-0.25, -0.2) is 8.42 Å². The van der Waals surface area contributed by atoms with Crippen LogP contribution >= 0.6 is 0 Å². The number of nitrogens with zero attached hydrogens (tertiary/aromatic N) is 1. The van der Waals surface area contributed by atoms with Crippen molar-refractivity contribution in [3.63, 3.8) is 0 Å². The fraction of sp³-hybridized carbons (Fsp3) is 0.571. The monoisotopic (exact) mass is 280 g/mol. The van der Waals surface area contributed by atoms with Gasteiger partial charge in [0.15, 0.2) is 9.84 Å². The Hall–Kier alpha value is -0.910. The van der Waals surface area contributed by atoms with Crippen LogP contribution in [0.15, 0.2) is 23.1 Å². The Labute approximate surface area is 114 Å². The third-order valence-electron chi connectivity index (χ3n) is 4.42. The quantitative estimate of drug-likeness (QED) is 0.877. The lowest BCUT2D eigenvalue weighted by Gasteiger charge is -2.20. The molecule has 2 unspecified atom stereocenters. The summed E-state index contributed by atoms with van der Waals surface area (Å²) in [6.07, 6.45) is 1.68. The fourth-order valence-electron chi connectivity index (χ4n) is 3.29. The van der Waals surface area contributed by atoms with E-state index in [0.29, 0.717) is 29.8 Å². The smallest absolute Gasteiger partial charge is 0.178 e. The molecule has 0 aliphatic carbocycles. The molecule has 1 aromatic rings. The highest BCUT2D eigenvalue weighted by atomic mass is 32.2. The predicted molar refractivity (Wildman–Crippen MR) is 74.7 cm³/mol. The molecule has 1 aromatic carbocycles. The minimum absolute atomic E-state index is 0.262. The van der Waals surface area contributed by atoms with E-state index in [1.807, 2.05) is 12.1 Å². The molecule has 3 rings (SSSR count). The SMILES string of the molecule is CN1CC(CN)CC1c1ccc2c(c1)S(=O)(=O)CC2. The van der Waals surface area contributed by atoms with E-state index in [9.17, 15) is 8.42 Å². The highest BCUT2D eigenvalue weighted by molar-refractivity contribution is 7.91. The summed E-state index contributed by atoms with van der Waals surface area (Å²) in [5.41, 5.74) is 7.83. The molecule has 1 fully saturated rings. The Morgan fingerprint density at radius 2 is 2.21 bits per heavy atom. The first-order chi connectivity index (χ1) is 9.01. The van der Waals surface area contributed by atoms with Gasteiger partial charge in [-0.1, -0.05) is 12.1 Å². The topological polar surface area (TPSA) is 63.4 Å². The third kappa shape index (κ3) is 2.20. The maximum atomic E-state index is 12.0. The maximum absolute atomic E-state index is 12.0. The van der Waals surface area contributed by atoms with E-state index in [0.717, 1.165) is 24.1 Å². The first-order valence-electron chi connectivity index (χ1n) is 6.77. The van der Waals surface area contributed by atoms with Gasteiger partial charge in [0.25, 0.3) is 0 Å². The van der Waals surface area contributed by atoms with E-state index < -0.39 is 9.84 Å². The molecule has 0 radical (unpaired) electrons. The number of hydrogen-bond donors (Lipinski definition) is 1. The maximum Gasteiger partial charge on any atom is 0.178 e. The molecule has 2 aliphatic heterocycles. The van der Waals surface area contributed by atoms with Gasteiger partial charge in [-0.15, -0.1) is 0 Å². The number of fused-ring (bicyclic) bond motifs is 1. The lowest BCUT2D eigenvalue weighted by molar-refractivity contribution is 0.313. The minimum Gasteiger partial charge on any atom is -0.330 e. The Bertz CT molecular complexity index is 597. The molecule has 2 N–H and O–H groups in total. The van der Waals surface area contributed by atoms with Crippen molar-refractivity contribution in [1.82, 2.24) is 4.90 Å². The van der Waals surface area contributed by atoms with Crippen LogP contribution in [-0.2, 0) is 16.3 Å². The number of benzene rings is 1. The van der Waals surface area contributed by atoms with Gasteiger partial charge in [-0.05, 0) is 49.5 Å². The summed E-state index contributed by atoms with van der Waals surface area (Å²) in [4.78, 5) is 2.83. The second kappa shape index (κ2) is 4.58. The number of hydrogen-bond acceptors (Lipinski definition) is 4. The van der Waals surface area contributed by atoms with E-state index >= 15 is 0 Å². The first kappa shape index (κ1) is 13.1. The van der Waals surface area contributed by atoms with E-state index in [1.54, 1.807) is 0 Å². The number of likely N-dealkylation sites (tertiary alicyclic amines) is 1. The molecule has 104 valence electrons. The average molecular weight is 280 g/mol. The van der Waals surface area contributed by atoms with Crippen LogP contribution in [-0.4, -0.2) is 39.2 Å². The molecule has 19 heavy (non-hydrogen) atoms. The average Bonchev–Trinajstić information content (AvgIpc) is 2.90. The van der Waals surface area contributed by atoms with Gasteiger partial charge < -0.3 is 5.73 Å². The summed E-state index contributed by atoms with van der Waals surface area (Å²) < 4.78 is 24.0. The van der Waals surface area contributed by atoms with Gasteiger partial charge in [-0.3, -0.25) is 4.90 Å². The number of nitrogens with two attached hydrogens (primary N) is 1. The molecule has 0 saturated carbocycles. The lowest BCUT2D eigenvalue weighted by atomic mass is 9.98. The zero-order chi connectivity index (χ0) is 13.6. The van der Waals surface area contributed by atoms with Crippen molar-refractivity contribution < 1.29 is 8.42 Å². The lowest BCUT2D eigenvalue weighted by Crippen LogP contribution is -2.20. The van der Waals surface area contributed by atoms with Gasteiger partial charge in [0, 0.05) is 12.6 Å². The molecule has 2 heterocycles. The third-order valence-corrected chi connectivity index (χ3v) is 6.21. The minimum atomic E-state index is -3.04. The van der Waals surface area contributed by atoms with Gasteiger partial charge >= 0.3 is 0 Å². The summed E-state index contributed by atoms with van der Waals surface area (Å²) >= 11 is 0. The second-order valence-electron chi connectivity index (χ2n) is 5.73. The van der Waals surface area contributed by atoms with Crippen LogP contribution in [0.5, 0.6) is 0 Å². The van der Waals surface area contributed by atoms with Crippen molar-refractivity contribution >= 4 is 9.84 Å². The van der Waals surface area contributed by atoms with E-state index in [1.165, 1.54) is 0 Å². The van der Waals surface area contributed by atoms with Crippen molar-refractivity contribution in [2.75, 3.05) is 25.9 Å². The van der Waals surface area contributed by atoms with Crippen LogP contribution in [0.1, 0.15) is 23.6 Å².